The summed E-state index contributed by atoms with van der Waals surface area (Å²) in [5.74, 6) is 0. The van der Waals surface area contributed by atoms with Gasteiger partial charge in [-0.3, -0.25) is 137 Å². The Kier molecular flexibility index (Phi) is 7.28. The topological polar surface area (TPSA) is 330 Å². The lowest BCUT2D eigenvalue weighted by Crippen LogP contribution is -2.66. The van der Waals surface area contributed by atoms with Gasteiger partial charge in [0.2, 0.25) is 6.41 Å². The SMILES string of the molecule is CN1CN2C(=O)N3CN4C(=O)N5CN6C(=O)N7CN8C(=O)N9CN%10C(=O)N%11CN%12C(=O)N%13CN(C=O)C%14C1N1CN%15C(=O)N(CN%16C(=O)N(CN%17C(=O)N(CN%18C(=O)N(CN%19C(=O)N(CN%20C(=O)N(CN%14C1=O)C%13C%12%20)C%11C%10%19)C9C8%18)C7C6%17)C5C4%16)C3C2%15. The van der Waals surface area contributed by atoms with Crippen molar-refractivity contribution in [2.24, 2.45) is 0 Å². The van der Waals surface area contributed by atoms with Gasteiger partial charge in [-0.15, -0.1) is 0 Å². The summed E-state index contributed by atoms with van der Waals surface area (Å²) in [6.45, 7) is -6.87. The van der Waals surface area contributed by atoms with E-state index in [1.54, 1.807) is 11.9 Å². The van der Waals surface area contributed by atoms with E-state index in [2.05, 4.69) is 0 Å². The minimum Gasteiger partial charge on any atom is -0.303 e. The molecule has 14 atom stereocenters. The van der Waals surface area contributed by atoms with Crippen molar-refractivity contribution in [3.8, 4) is 0 Å². The molecule has 21 heterocycles. The van der Waals surface area contributed by atoms with Crippen LogP contribution in [-0.2, 0) is 4.79 Å². The van der Waals surface area contributed by atoms with Crippen LogP contribution in [0, 0.1) is 0 Å². The van der Waals surface area contributed by atoms with Gasteiger partial charge in [-0.2, -0.15) is 0 Å². The first-order chi connectivity index (χ1) is 41.0. The minimum absolute atomic E-state index is 0.285. The lowest BCUT2D eigenvalue weighted by atomic mass is 10.2. The Morgan fingerprint density at radius 3 is 0.494 bits per heavy atom. The van der Waals surface area contributed by atoms with Crippen LogP contribution >= 0.6 is 0 Å². The maximum absolute atomic E-state index is 15.5. The number of rotatable bonds is 1. The summed E-state index contributed by atoms with van der Waals surface area (Å²) in [6.07, 6.45) is -16.6. The summed E-state index contributed by atoms with van der Waals surface area (Å²) >= 11 is 0. The number of fused-ring (bicyclic) bond motifs is 1. The number of urea groups is 13. The van der Waals surface area contributed by atoms with Crippen molar-refractivity contribution in [1.82, 2.24) is 137 Å². The van der Waals surface area contributed by atoms with E-state index in [0.717, 1.165) is 0 Å². The summed E-state index contributed by atoms with van der Waals surface area (Å²) in [5, 5.41) is 0. The molecule has 21 fully saturated rings. The molecule has 0 aliphatic carbocycles. The van der Waals surface area contributed by atoms with E-state index >= 15 is 62.3 Å². The summed E-state index contributed by atoms with van der Waals surface area (Å²) < 4.78 is 0. The van der Waals surface area contributed by atoms with Crippen LogP contribution in [0.2, 0.25) is 0 Å². The Labute approximate surface area is 474 Å². The van der Waals surface area contributed by atoms with Crippen molar-refractivity contribution in [2.75, 3.05) is 100 Å². The molecule has 85 heavy (non-hydrogen) atoms. The monoisotopic (exact) mass is 1180 g/mol. The van der Waals surface area contributed by atoms with E-state index in [4.69, 9.17) is 0 Å². The molecule has 42 nitrogen and oxygen atoms in total. The second kappa shape index (κ2) is 13.6. The normalized spacial score (nSPS) is 39.8. The Bertz CT molecular complexity index is 3510. The number of carbonyl (C=O) groups is 14. The number of amides is 27. The van der Waals surface area contributed by atoms with Crippen molar-refractivity contribution in [1.29, 1.82) is 0 Å². The molecule has 21 aliphatic rings. The third kappa shape index (κ3) is 4.49. The lowest BCUT2D eigenvalue weighted by Gasteiger charge is -2.46. The van der Waals surface area contributed by atoms with Gasteiger partial charge in [-0.25, -0.2) is 62.3 Å². The van der Waals surface area contributed by atoms with E-state index in [9.17, 15) is 4.79 Å². The van der Waals surface area contributed by atoms with Crippen LogP contribution in [0.4, 0.5) is 62.3 Å². The molecule has 42 heteroatoms. The molecule has 14 bridgehead atoms. The van der Waals surface area contributed by atoms with Crippen LogP contribution in [0.3, 0.4) is 0 Å². The first-order valence-electron chi connectivity index (χ1n) is 27.8. The largest absolute Gasteiger partial charge is 0.326 e. The fraction of sp³-hybridized carbons (Fsp3) is 0.674. The fourth-order valence-corrected chi connectivity index (χ4v) is 18.5. The molecule has 14 unspecified atom stereocenters. The molecule has 27 amide bonds. The predicted octanol–water partition coefficient (Wildman–Crippen LogP) is -6.96. The van der Waals surface area contributed by atoms with Crippen molar-refractivity contribution in [3.63, 3.8) is 0 Å². The summed E-state index contributed by atoms with van der Waals surface area (Å²) in [4.78, 5) is 250. The standard InChI is InChI=1S/C43H46N28O14/c1-44-2-46-19-21-52(31(46)73)6-56-23-25-60(36(56)78)10-64-27-29-68(40(64)82)14-69-30-28-65(41(69)83)11-61-26-24-57(37(61)79)7-53-22-20-47(32(53)74)3-45(16-72)18-17(44)48-4-50(19)34(76)54(21)8-58(23)38(80)62(25)12-66(27)42(84)70(29)15-71(30)43(85)67(28)13-63(26)39(81)59(24)9-55(22)35(77)51(20)5-49(18)33(48)75/h16-30H,2-15H2,1H3. The maximum atomic E-state index is 15.5. The van der Waals surface area contributed by atoms with Gasteiger partial charge in [0.25, 0.3) is 0 Å². The highest BCUT2D eigenvalue weighted by Crippen LogP contribution is 2.51. The van der Waals surface area contributed by atoms with Gasteiger partial charge in [0.15, 0.2) is 74.0 Å². The Morgan fingerprint density at radius 2 is 0.329 bits per heavy atom. The Hall–Kier alpha value is -10.1. The molecule has 0 aromatic rings. The van der Waals surface area contributed by atoms with Gasteiger partial charge >= 0.3 is 78.4 Å². The van der Waals surface area contributed by atoms with E-state index in [1.807, 2.05) is 0 Å². The van der Waals surface area contributed by atoms with Crippen LogP contribution in [0.25, 0.3) is 0 Å². The summed E-state index contributed by atoms with van der Waals surface area (Å²) in [7, 11) is 1.61. The number of hydrogen-bond donors (Lipinski definition) is 0. The summed E-state index contributed by atoms with van der Waals surface area (Å²) in [5.41, 5.74) is 0. The third-order valence-corrected chi connectivity index (χ3v) is 21.8. The van der Waals surface area contributed by atoms with Crippen molar-refractivity contribution < 1.29 is 67.1 Å². The molecule has 0 spiro atoms. The fourth-order valence-electron chi connectivity index (χ4n) is 18.5. The third-order valence-electron chi connectivity index (χ3n) is 21.8. The molecule has 21 rings (SSSR count). The van der Waals surface area contributed by atoms with Gasteiger partial charge in [-0.1, -0.05) is 0 Å². The highest BCUT2D eigenvalue weighted by molar-refractivity contribution is 5.95. The molecular formula is C43H46N28O14. The van der Waals surface area contributed by atoms with Crippen LogP contribution in [-0.4, -0.2) is 409 Å². The molecule has 0 aromatic heterocycles. The Morgan fingerprint density at radius 1 is 0.200 bits per heavy atom. The molecule has 0 aromatic carbocycles. The maximum Gasteiger partial charge on any atom is 0.326 e. The highest BCUT2D eigenvalue weighted by Gasteiger charge is 2.76. The number of likely N-dealkylation sites (N-methyl/N-ethyl adjacent to an activating group) is 1. The zero-order chi connectivity index (χ0) is 57.4. The van der Waals surface area contributed by atoms with Gasteiger partial charge in [0.05, 0.1) is 6.67 Å². The molecule has 0 saturated carbocycles. The first-order valence-corrected chi connectivity index (χ1v) is 27.8. The van der Waals surface area contributed by atoms with Crippen molar-refractivity contribution in [3.05, 3.63) is 0 Å². The molecule has 21 aliphatic heterocycles. The quantitative estimate of drug-likeness (QED) is 0.220. The van der Waals surface area contributed by atoms with E-state index in [1.165, 1.54) is 132 Å². The smallest absolute Gasteiger partial charge is 0.303 e. The molecule has 0 N–H and O–H groups in total. The molecular weight excluding hydrogens is 1130 g/mol. The number of hydrogen-bond acceptors (Lipinski definition) is 15. The predicted molar refractivity (Wildman–Crippen MR) is 255 cm³/mol. The summed E-state index contributed by atoms with van der Waals surface area (Å²) in [6, 6.07) is -9.18. The van der Waals surface area contributed by atoms with Crippen LogP contribution in [0.1, 0.15) is 0 Å². The zero-order valence-electron chi connectivity index (χ0n) is 44.3. The molecule has 442 valence electrons. The molecule has 0 radical (unpaired) electrons. The van der Waals surface area contributed by atoms with Crippen molar-refractivity contribution >= 4 is 84.8 Å². The second-order valence-electron chi connectivity index (χ2n) is 25.0. The van der Waals surface area contributed by atoms with Crippen LogP contribution in [0.5, 0.6) is 0 Å². The van der Waals surface area contributed by atoms with E-state index in [-0.39, 0.29) is 6.67 Å². The van der Waals surface area contributed by atoms with Crippen LogP contribution in [0.15, 0.2) is 0 Å². The van der Waals surface area contributed by atoms with Gasteiger partial charge < -0.3 is 4.90 Å². The Balaban J connectivity index is 0.752. The number of carbonyl (C=O) groups excluding carboxylic acids is 14. The number of nitrogens with zero attached hydrogens (tertiary/aromatic N) is 28. The average Bonchev–Trinajstić information content (AvgIpc) is 1.57. The minimum atomic E-state index is -1.31. The second-order valence-corrected chi connectivity index (χ2v) is 25.0. The highest BCUT2D eigenvalue weighted by atomic mass is 16.3. The van der Waals surface area contributed by atoms with E-state index in [0.29, 0.717) is 6.41 Å². The van der Waals surface area contributed by atoms with Crippen LogP contribution < -0.4 is 0 Å². The van der Waals surface area contributed by atoms with E-state index < -0.39 is 251 Å². The lowest BCUT2D eigenvalue weighted by molar-refractivity contribution is -0.134. The van der Waals surface area contributed by atoms with Gasteiger partial charge in [0.1, 0.15) is 99.0 Å². The molecule has 21 saturated heterocycles. The van der Waals surface area contributed by atoms with Gasteiger partial charge in [-0.05, 0) is 7.05 Å². The average molecular weight is 1180 g/mol. The first kappa shape index (κ1) is 45.5. The zero-order valence-corrected chi connectivity index (χ0v) is 44.3. The van der Waals surface area contributed by atoms with Crippen molar-refractivity contribution in [2.45, 2.75) is 86.3 Å². The van der Waals surface area contributed by atoms with Gasteiger partial charge in [0, 0.05) is 0 Å².